The van der Waals surface area contributed by atoms with Crippen molar-refractivity contribution in [3.05, 3.63) is 65.5 Å². The van der Waals surface area contributed by atoms with Crippen molar-refractivity contribution in [2.75, 3.05) is 7.11 Å². The minimum atomic E-state index is -0.289. The molecule has 0 saturated carbocycles. The van der Waals surface area contributed by atoms with Crippen molar-refractivity contribution in [2.24, 2.45) is 0 Å². The number of benzene rings is 2. The fourth-order valence-electron chi connectivity index (χ4n) is 1.62. The number of hydrogen-bond donors (Lipinski definition) is 1. The van der Waals surface area contributed by atoms with E-state index in [0.717, 1.165) is 0 Å². The van der Waals surface area contributed by atoms with Gasteiger partial charge in [0.15, 0.2) is 0 Å². The molecule has 3 nitrogen and oxygen atoms in total. The lowest BCUT2D eigenvalue weighted by Crippen LogP contribution is -2.02. The summed E-state index contributed by atoms with van der Waals surface area (Å²) in [6.45, 7) is 0.149. The normalized spacial score (nSPS) is 10.0. The molecule has 0 amide bonds. The zero-order valence-electron chi connectivity index (χ0n) is 10.5. The summed E-state index contributed by atoms with van der Waals surface area (Å²) in [6.07, 6.45) is 0. The van der Waals surface area contributed by atoms with E-state index in [4.69, 9.17) is 14.9 Å². The zero-order valence-corrected chi connectivity index (χ0v) is 10.5. The lowest BCUT2D eigenvalue weighted by molar-refractivity contribution is 0.299. The highest BCUT2D eigenvalue weighted by molar-refractivity contribution is 5.91. The molecule has 0 atom stereocenters. The van der Waals surface area contributed by atoms with Gasteiger partial charge in [-0.3, -0.25) is 5.41 Å². The first-order valence-corrected chi connectivity index (χ1v) is 5.80. The largest absolute Gasteiger partial charge is 0.489 e. The fraction of sp³-hybridized carbons (Fsp3) is 0.133. The molecular formula is C15H14FNO2. The van der Waals surface area contributed by atoms with Crippen LogP contribution in [-0.4, -0.2) is 13.0 Å². The molecule has 0 radical (unpaired) electrons. The van der Waals surface area contributed by atoms with Crippen LogP contribution in [-0.2, 0) is 11.3 Å². The highest BCUT2D eigenvalue weighted by Gasteiger charge is 2.04. The van der Waals surface area contributed by atoms with Crippen LogP contribution in [0, 0.1) is 11.2 Å². The molecule has 0 aliphatic carbocycles. The molecular weight excluding hydrogens is 245 g/mol. The van der Waals surface area contributed by atoms with E-state index in [1.54, 1.807) is 42.5 Å². The van der Waals surface area contributed by atoms with Crippen molar-refractivity contribution in [1.82, 2.24) is 0 Å². The van der Waals surface area contributed by atoms with Gasteiger partial charge in [0.1, 0.15) is 18.2 Å². The summed E-state index contributed by atoms with van der Waals surface area (Å²) in [5.41, 5.74) is 1.11. The first kappa shape index (κ1) is 13.1. The van der Waals surface area contributed by atoms with E-state index < -0.39 is 0 Å². The van der Waals surface area contributed by atoms with E-state index in [9.17, 15) is 4.39 Å². The Morgan fingerprint density at radius 1 is 1.16 bits per heavy atom. The first-order chi connectivity index (χ1) is 9.20. The third-order valence-electron chi connectivity index (χ3n) is 2.65. The average molecular weight is 259 g/mol. The maximum atomic E-state index is 13.4. The second-order valence-electron chi connectivity index (χ2n) is 3.94. The average Bonchev–Trinajstić information content (AvgIpc) is 2.46. The van der Waals surface area contributed by atoms with Crippen LogP contribution >= 0.6 is 0 Å². The minimum Gasteiger partial charge on any atom is -0.489 e. The van der Waals surface area contributed by atoms with Crippen molar-refractivity contribution in [3.8, 4) is 5.75 Å². The summed E-state index contributed by atoms with van der Waals surface area (Å²) in [4.78, 5) is 0. The SMILES string of the molecule is COC(=N)c1cccc(OCc2ccccc2F)c1. The third kappa shape index (κ3) is 3.31. The number of ether oxygens (including phenoxy) is 2. The number of methoxy groups -OCH3 is 1. The Hall–Kier alpha value is -2.36. The van der Waals surface area contributed by atoms with Gasteiger partial charge >= 0.3 is 0 Å². The van der Waals surface area contributed by atoms with Crippen LogP contribution in [0.2, 0.25) is 0 Å². The van der Waals surface area contributed by atoms with Gasteiger partial charge in [-0.05, 0) is 24.3 Å². The predicted octanol–water partition coefficient (Wildman–Crippen LogP) is 3.38. The Labute approximate surface area is 111 Å². The summed E-state index contributed by atoms with van der Waals surface area (Å²) in [6, 6.07) is 13.4. The monoisotopic (exact) mass is 259 g/mol. The molecule has 0 unspecified atom stereocenters. The van der Waals surface area contributed by atoms with Crippen LogP contribution in [0.25, 0.3) is 0 Å². The van der Waals surface area contributed by atoms with Crippen LogP contribution in [0.15, 0.2) is 48.5 Å². The van der Waals surface area contributed by atoms with Crippen LogP contribution in [0.3, 0.4) is 0 Å². The molecule has 0 aliphatic rings. The van der Waals surface area contributed by atoms with E-state index in [-0.39, 0.29) is 18.3 Å². The van der Waals surface area contributed by atoms with E-state index in [0.29, 0.717) is 16.9 Å². The molecule has 0 saturated heterocycles. The zero-order chi connectivity index (χ0) is 13.7. The maximum absolute atomic E-state index is 13.4. The number of nitrogens with one attached hydrogen (secondary N) is 1. The van der Waals surface area contributed by atoms with Crippen molar-refractivity contribution < 1.29 is 13.9 Å². The van der Waals surface area contributed by atoms with Crippen molar-refractivity contribution >= 4 is 5.90 Å². The number of halogens is 1. The molecule has 98 valence electrons. The quantitative estimate of drug-likeness (QED) is 0.675. The molecule has 0 bridgehead atoms. The molecule has 0 aliphatic heterocycles. The summed E-state index contributed by atoms with van der Waals surface area (Å²) in [5, 5.41) is 7.57. The standard InChI is InChI=1S/C15H14FNO2/c1-18-15(17)11-6-4-7-13(9-11)19-10-12-5-2-3-8-14(12)16/h2-9,17H,10H2,1H3. The molecule has 2 aromatic rings. The van der Waals surface area contributed by atoms with Gasteiger partial charge in [-0.15, -0.1) is 0 Å². The Kier molecular flexibility index (Phi) is 4.13. The molecule has 0 spiro atoms. The van der Waals surface area contributed by atoms with Gasteiger partial charge in [-0.1, -0.05) is 24.3 Å². The second-order valence-corrected chi connectivity index (χ2v) is 3.94. The Morgan fingerprint density at radius 2 is 1.95 bits per heavy atom. The summed E-state index contributed by atoms with van der Waals surface area (Å²) < 4.78 is 23.8. The summed E-state index contributed by atoms with van der Waals surface area (Å²) in [5.74, 6) is 0.349. The minimum absolute atomic E-state index is 0.0661. The predicted molar refractivity (Wildman–Crippen MR) is 71.0 cm³/mol. The first-order valence-electron chi connectivity index (χ1n) is 5.80. The molecule has 2 aromatic carbocycles. The van der Waals surface area contributed by atoms with Gasteiger partial charge in [-0.2, -0.15) is 0 Å². The fourth-order valence-corrected chi connectivity index (χ4v) is 1.62. The van der Waals surface area contributed by atoms with E-state index in [2.05, 4.69) is 0 Å². The lowest BCUT2D eigenvalue weighted by Gasteiger charge is -2.09. The Bertz CT molecular complexity index is 584. The van der Waals surface area contributed by atoms with Crippen LogP contribution in [0.4, 0.5) is 4.39 Å². The number of hydrogen-bond acceptors (Lipinski definition) is 3. The maximum Gasteiger partial charge on any atom is 0.213 e. The van der Waals surface area contributed by atoms with Gasteiger partial charge in [0.25, 0.3) is 0 Å². The second kappa shape index (κ2) is 6.00. The lowest BCUT2D eigenvalue weighted by atomic mass is 10.2. The topological polar surface area (TPSA) is 42.3 Å². The highest BCUT2D eigenvalue weighted by Crippen LogP contribution is 2.16. The van der Waals surface area contributed by atoms with Crippen molar-refractivity contribution in [3.63, 3.8) is 0 Å². The highest BCUT2D eigenvalue weighted by atomic mass is 19.1. The van der Waals surface area contributed by atoms with E-state index >= 15 is 0 Å². The molecule has 2 rings (SSSR count). The van der Waals surface area contributed by atoms with Crippen LogP contribution < -0.4 is 4.74 Å². The number of rotatable bonds is 4. The third-order valence-corrected chi connectivity index (χ3v) is 2.65. The molecule has 4 heteroatoms. The van der Waals surface area contributed by atoms with Gasteiger partial charge in [-0.25, -0.2) is 4.39 Å². The van der Waals surface area contributed by atoms with Crippen LogP contribution in [0.5, 0.6) is 5.75 Å². The molecule has 0 aromatic heterocycles. The molecule has 0 heterocycles. The van der Waals surface area contributed by atoms with Crippen molar-refractivity contribution in [1.29, 1.82) is 5.41 Å². The smallest absolute Gasteiger partial charge is 0.213 e. The Balaban J connectivity index is 2.08. The molecule has 19 heavy (non-hydrogen) atoms. The van der Waals surface area contributed by atoms with Crippen LogP contribution in [0.1, 0.15) is 11.1 Å². The van der Waals surface area contributed by atoms with E-state index in [1.165, 1.54) is 13.2 Å². The summed E-state index contributed by atoms with van der Waals surface area (Å²) >= 11 is 0. The van der Waals surface area contributed by atoms with E-state index in [1.807, 2.05) is 0 Å². The summed E-state index contributed by atoms with van der Waals surface area (Å²) in [7, 11) is 1.44. The van der Waals surface area contributed by atoms with Gasteiger partial charge in [0.2, 0.25) is 5.90 Å². The van der Waals surface area contributed by atoms with Gasteiger partial charge in [0.05, 0.1) is 7.11 Å². The Morgan fingerprint density at radius 3 is 2.68 bits per heavy atom. The van der Waals surface area contributed by atoms with Gasteiger partial charge < -0.3 is 9.47 Å². The van der Waals surface area contributed by atoms with Gasteiger partial charge in [0, 0.05) is 11.1 Å². The van der Waals surface area contributed by atoms with Crippen molar-refractivity contribution in [2.45, 2.75) is 6.61 Å². The molecule has 1 N–H and O–H groups in total. The molecule has 0 fully saturated rings.